The molecule has 1 amide bonds. The number of primary amides is 1. The lowest BCUT2D eigenvalue weighted by molar-refractivity contribution is -0.137. The number of hydrogen-bond acceptors (Lipinski definition) is 3. The van der Waals surface area contributed by atoms with Crippen LogP contribution < -0.4 is 10.5 Å². The van der Waals surface area contributed by atoms with Crippen LogP contribution in [0.15, 0.2) is 60.7 Å². The van der Waals surface area contributed by atoms with Crippen molar-refractivity contribution in [1.82, 2.24) is 4.98 Å². The molecule has 0 aliphatic heterocycles. The van der Waals surface area contributed by atoms with Crippen LogP contribution in [0.1, 0.15) is 27.2 Å². The van der Waals surface area contributed by atoms with Gasteiger partial charge in [-0.05, 0) is 55.0 Å². The Labute approximate surface area is 159 Å². The number of amides is 1. The zero-order valence-corrected chi connectivity index (χ0v) is 15.0. The molecule has 0 aliphatic carbocycles. The lowest BCUT2D eigenvalue weighted by atomic mass is 10.0. The minimum atomic E-state index is -4.42. The van der Waals surface area contributed by atoms with E-state index in [0.717, 1.165) is 23.3 Å². The highest BCUT2D eigenvalue weighted by atomic mass is 19.4. The lowest BCUT2D eigenvalue weighted by Crippen LogP contribution is -2.12. The number of halogens is 3. The van der Waals surface area contributed by atoms with E-state index in [1.807, 2.05) is 0 Å². The summed E-state index contributed by atoms with van der Waals surface area (Å²) in [4.78, 5) is 15.8. The van der Waals surface area contributed by atoms with Crippen molar-refractivity contribution in [3.05, 3.63) is 83.0 Å². The molecule has 2 aromatic carbocycles. The van der Waals surface area contributed by atoms with Crippen LogP contribution in [0.2, 0.25) is 0 Å². The monoisotopic (exact) mass is 386 g/mol. The van der Waals surface area contributed by atoms with E-state index in [9.17, 15) is 18.0 Å². The summed E-state index contributed by atoms with van der Waals surface area (Å²) < 4.78 is 43.8. The summed E-state index contributed by atoms with van der Waals surface area (Å²) in [5.41, 5.74) is 7.74. The molecule has 0 unspecified atom stereocenters. The third-order valence-corrected chi connectivity index (χ3v) is 4.14. The minimum absolute atomic E-state index is 0.0213. The Balaban J connectivity index is 1.77. The van der Waals surface area contributed by atoms with Crippen molar-refractivity contribution < 1.29 is 22.7 Å². The van der Waals surface area contributed by atoms with Gasteiger partial charge in [-0.2, -0.15) is 13.2 Å². The van der Waals surface area contributed by atoms with Crippen LogP contribution in [0.3, 0.4) is 0 Å². The Hall–Kier alpha value is -3.35. The van der Waals surface area contributed by atoms with Gasteiger partial charge < -0.3 is 10.5 Å². The summed E-state index contributed by atoms with van der Waals surface area (Å²) >= 11 is 0. The van der Waals surface area contributed by atoms with E-state index in [1.54, 1.807) is 43.3 Å². The molecule has 144 valence electrons. The van der Waals surface area contributed by atoms with E-state index < -0.39 is 17.6 Å². The number of nitrogens with zero attached hydrogens (tertiary/aromatic N) is 1. The SMILES string of the molecule is Cc1cc(-c2cccc(COc3cccc(C(F)(F)F)c3)n2)ccc1C(N)=O. The Morgan fingerprint density at radius 2 is 1.82 bits per heavy atom. The van der Waals surface area contributed by atoms with E-state index in [4.69, 9.17) is 10.5 Å². The summed E-state index contributed by atoms with van der Waals surface area (Å²) in [5, 5.41) is 0. The van der Waals surface area contributed by atoms with Gasteiger partial charge in [-0.15, -0.1) is 0 Å². The molecule has 0 atom stereocenters. The van der Waals surface area contributed by atoms with Gasteiger partial charge in [0.2, 0.25) is 5.91 Å². The molecule has 1 aromatic heterocycles. The maximum absolute atomic E-state index is 12.8. The lowest BCUT2D eigenvalue weighted by Gasteiger charge is -2.11. The highest BCUT2D eigenvalue weighted by Crippen LogP contribution is 2.31. The Morgan fingerprint density at radius 1 is 1.07 bits per heavy atom. The second-order valence-corrected chi connectivity index (χ2v) is 6.22. The van der Waals surface area contributed by atoms with Gasteiger partial charge in [-0.3, -0.25) is 4.79 Å². The molecule has 3 rings (SSSR count). The van der Waals surface area contributed by atoms with Crippen molar-refractivity contribution in [2.45, 2.75) is 19.7 Å². The van der Waals surface area contributed by atoms with E-state index in [-0.39, 0.29) is 12.4 Å². The summed E-state index contributed by atoms with van der Waals surface area (Å²) in [5.74, 6) is -0.385. The van der Waals surface area contributed by atoms with Gasteiger partial charge in [0.25, 0.3) is 0 Å². The van der Waals surface area contributed by atoms with Gasteiger partial charge in [-0.1, -0.05) is 18.2 Å². The predicted octanol–water partition coefficient (Wildman–Crippen LogP) is 4.75. The first-order valence-corrected chi connectivity index (χ1v) is 8.41. The average molecular weight is 386 g/mol. The molecular weight excluding hydrogens is 369 g/mol. The van der Waals surface area contributed by atoms with Crippen LogP contribution in [0, 0.1) is 6.92 Å². The van der Waals surface area contributed by atoms with Gasteiger partial charge in [0.1, 0.15) is 12.4 Å². The molecule has 0 spiro atoms. The van der Waals surface area contributed by atoms with Crippen LogP contribution >= 0.6 is 0 Å². The van der Waals surface area contributed by atoms with Gasteiger partial charge in [0.05, 0.1) is 17.0 Å². The van der Waals surface area contributed by atoms with Crippen molar-refractivity contribution >= 4 is 5.91 Å². The van der Waals surface area contributed by atoms with Crippen LogP contribution in [0.5, 0.6) is 5.75 Å². The molecule has 0 fully saturated rings. The number of ether oxygens (including phenoxy) is 1. The minimum Gasteiger partial charge on any atom is -0.487 e. The number of alkyl halides is 3. The number of pyridine rings is 1. The summed E-state index contributed by atoms with van der Waals surface area (Å²) in [6.07, 6.45) is -4.42. The first kappa shape index (κ1) is 19.4. The van der Waals surface area contributed by atoms with E-state index >= 15 is 0 Å². The summed E-state index contributed by atoms with van der Waals surface area (Å²) in [6.45, 7) is 1.80. The molecule has 3 aromatic rings. The van der Waals surface area contributed by atoms with Crippen molar-refractivity contribution in [1.29, 1.82) is 0 Å². The fraction of sp³-hybridized carbons (Fsp3) is 0.143. The van der Waals surface area contributed by atoms with Crippen LogP contribution in [-0.4, -0.2) is 10.9 Å². The largest absolute Gasteiger partial charge is 0.487 e. The van der Waals surface area contributed by atoms with Crippen LogP contribution in [-0.2, 0) is 12.8 Å². The zero-order valence-electron chi connectivity index (χ0n) is 15.0. The molecule has 0 aliphatic rings. The standard InChI is InChI=1S/C21H17F3N2O2/c1-13-10-14(8-9-18(13)20(25)27)19-7-3-5-16(26-19)12-28-17-6-2-4-15(11-17)21(22,23)24/h2-11H,12H2,1H3,(H2,25,27). The maximum atomic E-state index is 12.8. The molecule has 4 nitrogen and oxygen atoms in total. The quantitative estimate of drug-likeness (QED) is 0.688. The zero-order chi connectivity index (χ0) is 20.3. The number of nitrogens with two attached hydrogens (primary N) is 1. The average Bonchev–Trinajstić information content (AvgIpc) is 2.66. The molecule has 1 heterocycles. The second-order valence-electron chi connectivity index (χ2n) is 6.22. The van der Waals surface area contributed by atoms with Crippen LogP contribution in [0.4, 0.5) is 13.2 Å². The first-order valence-electron chi connectivity index (χ1n) is 8.41. The smallest absolute Gasteiger partial charge is 0.416 e. The Kier molecular flexibility index (Phi) is 5.35. The third-order valence-electron chi connectivity index (χ3n) is 4.14. The van der Waals surface area contributed by atoms with Crippen molar-refractivity contribution in [3.8, 4) is 17.0 Å². The van der Waals surface area contributed by atoms with Crippen LogP contribution in [0.25, 0.3) is 11.3 Å². The van der Waals surface area contributed by atoms with Crippen molar-refractivity contribution in [2.24, 2.45) is 5.73 Å². The molecule has 0 saturated heterocycles. The van der Waals surface area contributed by atoms with Crippen molar-refractivity contribution in [3.63, 3.8) is 0 Å². The first-order chi connectivity index (χ1) is 13.2. The molecular formula is C21H17F3N2O2. The van der Waals surface area contributed by atoms with Gasteiger partial charge in [-0.25, -0.2) is 4.98 Å². The fourth-order valence-corrected chi connectivity index (χ4v) is 2.74. The number of carbonyl (C=O) groups excluding carboxylic acids is 1. The van der Waals surface area contributed by atoms with Crippen molar-refractivity contribution in [2.75, 3.05) is 0 Å². The normalized spacial score (nSPS) is 11.3. The highest BCUT2D eigenvalue weighted by Gasteiger charge is 2.30. The predicted molar refractivity (Wildman–Crippen MR) is 98.7 cm³/mol. The van der Waals surface area contributed by atoms with Gasteiger partial charge in [0, 0.05) is 11.1 Å². The number of carbonyl (C=O) groups is 1. The van der Waals surface area contributed by atoms with E-state index in [0.29, 0.717) is 17.0 Å². The second kappa shape index (κ2) is 7.72. The third kappa shape index (κ3) is 4.49. The van der Waals surface area contributed by atoms with Gasteiger partial charge >= 0.3 is 6.18 Å². The molecule has 2 N–H and O–H groups in total. The molecule has 0 bridgehead atoms. The number of benzene rings is 2. The Bertz CT molecular complexity index is 1020. The Morgan fingerprint density at radius 3 is 2.50 bits per heavy atom. The molecule has 28 heavy (non-hydrogen) atoms. The maximum Gasteiger partial charge on any atom is 0.416 e. The van der Waals surface area contributed by atoms with E-state index in [2.05, 4.69) is 4.98 Å². The summed E-state index contributed by atoms with van der Waals surface area (Å²) in [7, 11) is 0. The van der Waals surface area contributed by atoms with Gasteiger partial charge in [0.15, 0.2) is 0 Å². The highest BCUT2D eigenvalue weighted by molar-refractivity contribution is 5.94. The molecule has 0 radical (unpaired) electrons. The van der Waals surface area contributed by atoms with E-state index in [1.165, 1.54) is 12.1 Å². The number of aryl methyl sites for hydroxylation is 1. The summed E-state index contributed by atoms with van der Waals surface area (Å²) in [6, 6.07) is 15.2. The topological polar surface area (TPSA) is 65.2 Å². The fourth-order valence-electron chi connectivity index (χ4n) is 2.74. The number of aromatic nitrogens is 1. The number of rotatable bonds is 5. The molecule has 7 heteroatoms. The number of hydrogen-bond donors (Lipinski definition) is 1. The molecule has 0 saturated carbocycles.